The normalized spacial score (nSPS) is 10.3. The molecule has 126 valence electrons. The maximum absolute atomic E-state index is 11.5. The summed E-state index contributed by atoms with van der Waals surface area (Å²) in [5, 5.41) is 11.1. The minimum Gasteiger partial charge on any atom is -0.320 e. The van der Waals surface area contributed by atoms with E-state index in [1.807, 2.05) is 54.6 Å². The van der Waals surface area contributed by atoms with Crippen LogP contribution in [0.3, 0.4) is 0 Å². The van der Waals surface area contributed by atoms with E-state index in [0.29, 0.717) is 18.8 Å². The molecule has 5 nitrogen and oxygen atoms in total. The quantitative estimate of drug-likeness (QED) is 0.736. The molecule has 1 amide bonds. The van der Waals surface area contributed by atoms with E-state index in [2.05, 4.69) is 32.5 Å². The monoisotopic (exact) mass is 332 g/mol. The van der Waals surface area contributed by atoms with Crippen molar-refractivity contribution >= 4 is 23.2 Å². The first kappa shape index (κ1) is 16.6. The highest BCUT2D eigenvalue weighted by atomic mass is 16.1. The lowest BCUT2D eigenvalue weighted by atomic mass is 10.2. The largest absolute Gasteiger partial charge is 0.320 e. The number of rotatable bonds is 6. The number of benzene rings is 2. The topological polar surface area (TPSA) is 58.1 Å². The molecule has 5 heteroatoms. The van der Waals surface area contributed by atoms with Crippen molar-refractivity contribution in [1.82, 2.24) is 10.2 Å². The second-order valence-electron chi connectivity index (χ2n) is 5.59. The van der Waals surface area contributed by atoms with E-state index in [4.69, 9.17) is 0 Å². The van der Waals surface area contributed by atoms with E-state index >= 15 is 0 Å². The summed E-state index contributed by atoms with van der Waals surface area (Å²) in [5.74, 6) is 1.11. The van der Waals surface area contributed by atoms with Crippen molar-refractivity contribution in [3.05, 3.63) is 78.4 Å². The lowest BCUT2D eigenvalue weighted by Crippen LogP contribution is -2.19. The summed E-state index contributed by atoms with van der Waals surface area (Å²) in [6.45, 7) is 2.48. The maximum atomic E-state index is 11.5. The molecule has 0 spiro atoms. The molecule has 0 aliphatic heterocycles. The lowest BCUT2D eigenvalue weighted by Gasteiger charge is -2.23. The van der Waals surface area contributed by atoms with Crippen LogP contribution in [-0.2, 0) is 11.3 Å². The molecule has 0 aliphatic carbocycles. The van der Waals surface area contributed by atoms with Crippen molar-refractivity contribution in [3.63, 3.8) is 0 Å². The van der Waals surface area contributed by atoms with Crippen molar-refractivity contribution in [2.24, 2.45) is 0 Å². The van der Waals surface area contributed by atoms with Gasteiger partial charge in [-0.1, -0.05) is 55.5 Å². The Morgan fingerprint density at radius 2 is 1.60 bits per heavy atom. The fourth-order valence-electron chi connectivity index (χ4n) is 2.45. The van der Waals surface area contributed by atoms with E-state index < -0.39 is 0 Å². The van der Waals surface area contributed by atoms with E-state index in [9.17, 15) is 4.79 Å². The Bertz CT molecular complexity index is 804. The zero-order valence-corrected chi connectivity index (χ0v) is 14.1. The average molecular weight is 332 g/mol. The van der Waals surface area contributed by atoms with Crippen molar-refractivity contribution in [2.75, 3.05) is 10.2 Å². The Kier molecular flexibility index (Phi) is 5.36. The molecule has 0 saturated heterocycles. The van der Waals surface area contributed by atoms with Gasteiger partial charge in [-0.15, -0.1) is 10.2 Å². The molecule has 0 unspecified atom stereocenters. The number of carbonyl (C=O) groups excluding carboxylic acids is 1. The van der Waals surface area contributed by atoms with Crippen LogP contribution < -0.4 is 10.2 Å². The molecule has 0 atom stereocenters. The van der Waals surface area contributed by atoms with Gasteiger partial charge in [-0.3, -0.25) is 4.79 Å². The first-order chi connectivity index (χ1) is 12.3. The van der Waals surface area contributed by atoms with E-state index in [1.54, 1.807) is 13.0 Å². The van der Waals surface area contributed by atoms with Gasteiger partial charge in [0, 0.05) is 18.7 Å². The third kappa shape index (κ3) is 4.41. The third-order valence-corrected chi connectivity index (χ3v) is 3.77. The number of hydrogen-bond donors (Lipinski definition) is 1. The number of nitrogens with zero attached hydrogens (tertiary/aromatic N) is 3. The number of nitrogens with one attached hydrogen (secondary N) is 1. The summed E-state index contributed by atoms with van der Waals surface area (Å²) < 4.78 is 0. The molecule has 0 bridgehead atoms. The lowest BCUT2D eigenvalue weighted by molar-refractivity contribution is -0.115. The summed E-state index contributed by atoms with van der Waals surface area (Å²) in [5.41, 5.74) is 2.21. The highest BCUT2D eigenvalue weighted by molar-refractivity contribution is 5.89. The Morgan fingerprint density at radius 3 is 2.20 bits per heavy atom. The smallest absolute Gasteiger partial charge is 0.225 e. The van der Waals surface area contributed by atoms with Crippen molar-refractivity contribution in [2.45, 2.75) is 19.9 Å². The standard InChI is InChI=1S/C20H20N4O/c1-2-20(25)21-18-13-14-19(23-22-18)24(17-11-7-4-8-12-17)15-16-9-5-3-6-10-16/h3-14H,2,15H2,1H3,(H,21,22,25). The predicted octanol–water partition coefficient (Wildman–Crippen LogP) is 4.16. The highest BCUT2D eigenvalue weighted by Crippen LogP contribution is 2.25. The number of aromatic nitrogens is 2. The Morgan fingerprint density at radius 1 is 0.920 bits per heavy atom. The summed E-state index contributed by atoms with van der Waals surface area (Å²) in [6, 6.07) is 23.9. The SMILES string of the molecule is CCC(=O)Nc1ccc(N(Cc2ccccc2)c2ccccc2)nn1. The zero-order valence-electron chi connectivity index (χ0n) is 14.1. The Labute approximate surface area is 147 Å². The minimum atomic E-state index is -0.0775. The molecule has 0 saturated carbocycles. The molecule has 25 heavy (non-hydrogen) atoms. The number of hydrogen-bond acceptors (Lipinski definition) is 4. The predicted molar refractivity (Wildman–Crippen MR) is 99.7 cm³/mol. The zero-order chi connectivity index (χ0) is 17.5. The fraction of sp³-hybridized carbons (Fsp3) is 0.150. The number of amides is 1. The van der Waals surface area contributed by atoms with Crippen LogP contribution in [0.2, 0.25) is 0 Å². The van der Waals surface area contributed by atoms with Crippen molar-refractivity contribution in [1.29, 1.82) is 0 Å². The van der Waals surface area contributed by atoms with Crippen LogP contribution >= 0.6 is 0 Å². The summed E-state index contributed by atoms with van der Waals surface area (Å²) in [7, 11) is 0. The van der Waals surface area contributed by atoms with E-state index in [1.165, 1.54) is 5.56 Å². The average Bonchev–Trinajstić information content (AvgIpc) is 2.68. The highest BCUT2D eigenvalue weighted by Gasteiger charge is 2.12. The van der Waals surface area contributed by atoms with Gasteiger partial charge in [-0.2, -0.15) is 0 Å². The minimum absolute atomic E-state index is 0.0775. The molecule has 0 aliphatic rings. The number of carbonyl (C=O) groups is 1. The van der Waals surface area contributed by atoms with Crippen LogP contribution in [0.25, 0.3) is 0 Å². The Balaban J connectivity index is 1.87. The molecular formula is C20H20N4O. The molecule has 3 rings (SSSR count). The van der Waals surface area contributed by atoms with Crippen molar-refractivity contribution < 1.29 is 4.79 Å². The van der Waals surface area contributed by atoms with Gasteiger partial charge in [0.1, 0.15) is 0 Å². The van der Waals surface area contributed by atoms with Gasteiger partial charge in [0.25, 0.3) is 0 Å². The third-order valence-electron chi connectivity index (χ3n) is 3.77. The van der Waals surface area contributed by atoms with Crippen LogP contribution in [0, 0.1) is 0 Å². The molecule has 1 N–H and O–H groups in total. The van der Waals surface area contributed by atoms with E-state index in [0.717, 1.165) is 11.5 Å². The molecule has 2 aromatic carbocycles. The molecular weight excluding hydrogens is 312 g/mol. The molecule has 1 aromatic heterocycles. The fourth-order valence-corrected chi connectivity index (χ4v) is 2.45. The molecule has 1 heterocycles. The van der Waals surface area contributed by atoms with Crippen LogP contribution in [-0.4, -0.2) is 16.1 Å². The van der Waals surface area contributed by atoms with Gasteiger partial charge >= 0.3 is 0 Å². The van der Waals surface area contributed by atoms with Gasteiger partial charge in [-0.05, 0) is 29.8 Å². The summed E-state index contributed by atoms with van der Waals surface area (Å²) >= 11 is 0. The molecule has 0 radical (unpaired) electrons. The van der Waals surface area contributed by atoms with Crippen LogP contribution in [0.4, 0.5) is 17.3 Å². The first-order valence-electron chi connectivity index (χ1n) is 8.26. The van der Waals surface area contributed by atoms with Crippen LogP contribution in [0.5, 0.6) is 0 Å². The number of anilines is 3. The summed E-state index contributed by atoms with van der Waals surface area (Å²) in [4.78, 5) is 13.6. The first-order valence-corrected chi connectivity index (χ1v) is 8.26. The van der Waals surface area contributed by atoms with Crippen LogP contribution in [0.1, 0.15) is 18.9 Å². The Hall–Kier alpha value is -3.21. The second-order valence-corrected chi connectivity index (χ2v) is 5.59. The molecule has 0 fully saturated rings. The molecule has 3 aromatic rings. The van der Waals surface area contributed by atoms with E-state index in [-0.39, 0.29) is 5.91 Å². The maximum Gasteiger partial charge on any atom is 0.225 e. The van der Waals surface area contributed by atoms with Gasteiger partial charge in [0.2, 0.25) is 5.91 Å². The van der Waals surface area contributed by atoms with Gasteiger partial charge in [-0.25, -0.2) is 0 Å². The van der Waals surface area contributed by atoms with Crippen molar-refractivity contribution in [3.8, 4) is 0 Å². The van der Waals surface area contributed by atoms with Crippen LogP contribution in [0.15, 0.2) is 72.8 Å². The van der Waals surface area contributed by atoms with Gasteiger partial charge < -0.3 is 10.2 Å². The summed E-state index contributed by atoms with van der Waals surface area (Å²) in [6.07, 6.45) is 0.410. The number of para-hydroxylation sites is 1. The van der Waals surface area contributed by atoms with Gasteiger partial charge in [0.05, 0.1) is 0 Å². The second kappa shape index (κ2) is 8.06. The van der Waals surface area contributed by atoms with Gasteiger partial charge in [0.15, 0.2) is 11.6 Å².